The van der Waals surface area contributed by atoms with E-state index in [0.29, 0.717) is 53.1 Å². The second-order valence-corrected chi connectivity index (χ2v) is 8.26. The van der Waals surface area contributed by atoms with Gasteiger partial charge in [-0.05, 0) is 74.1 Å². The highest BCUT2D eigenvalue weighted by atomic mass is 32.1. The first-order valence-corrected chi connectivity index (χ1v) is 12.2. The molecule has 4 rings (SSSR count). The van der Waals surface area contributed by atoms with Crippen LogP contribution in [0.4, 0.5) is 11.4 Å². The quantitative estimate of drug-likeness (QED) is 0.296. The number of carbonyl (C=O) groups excluding carboxylic acids is 2. The molecule has 1 saturated heterocycles. The zero-order valence-electron chi connectivity index (χ0n) is 20.5. The molecule has 0 bridgehead atoms. The summed E-state index contributed by atoms with van der Waals surface area (Å²) in [6.45, 7) is 4.41. The van der Waals surface area contributed by atoms with Crippen molar-refractivity contribution < 1.29 is 23.8 Å². The van der Waals surface area contributed by atoms with Crippen LogP contribution in [0.25, 0.3) is 6.08 Å². The topological polar surface area (TPSA) is 89.1 Å². The van der Waals surface area contributed by atoms with Crippen molar-refractivity contribution in [3.05, 3.63) is 84.1 Å². The summed E-state index contributed by atoms with van der Waals surface area (Å²) < 4.78 is 17.1. The lowest BCUT2D eigenvalue weighted by molar-refractivity contribution is -0.118. The van der Waals surface area contributed by atoms with E-state index in [9.17, 15) is 9.59 Å². The number of thiocarbonyl (C=S) groups is 1. The first kappa shape index (κ1) is 25.7. The molecule has 0 aromatic heterocycles. The van der Waals surface area contributed by atoms with Crippen LogP contribution in [0.2, 0.25) is 0 Å². The Balaban J connectivity index is 1.50. The summed E-state index contributed by atoms with van der Waals surface area (Å²) in [5.74, 6) is 0.853. The van der Waals surface area contributed by atoms with Crippen LogP contribution in [-0.4, -0.2) is 36.7 Å². The van der Waals surface area contributed by atoms with Crippen LogP contribution in [0.5, 0.6) is 17.2 Å². The number of ether oxygens (including phenoxy) is 3. The van der Waals surface area contributed by atoms with Crippen molar-refractivity contribution in [1.82, 2.24) is 5.32 Å². The van der Waals surface area contributed by atoms with Crippen molar-refractivity contribution in [2.45, 2.75) is 13.8 Å². The lowest BCUT2D eigenvalue weighted by Crippen LogP contribution is -2.30. The largest absolute Gasteiger partial charge is 0.492 e. The summed E-state index contributed by atoms with van der Waals surface area (Å²) in [5.41, 5.74) is 2.27. The second kappa shape index (κ2) is 12.0. The van der Waals surface area contributed by atoms with E-state index in [1.54, 1.807) is 48.5 Å². The first-order chi connectivity index (χ1) is 18.0. The average molecular weight is 518 g/mol. The van der Waals surface area contributed by atoms with Crippen LogP contribution in [0.1, 0.15) is 19.4 Å². The third kappa shape index (κ3) is 6.25. The normalized spacial score (nSPS) is 13.9. The van der Waals surface area contributed by atoms with Gasteiger partial charge in [-0.3, -0.25) is 9.59 Å². The third-order valence-corrected chi connectivity index (χ3v) is 5.56. The number of hydrogen-bond donors (Lipinski definition) is 2. The van der Waals surface area contributed by atoms with E-state index in [-0.39, 0.29) is 23.5 Å². The Kier molecular flexibility index (Phi) is 8.37. The molecule has 0 radical (unpaired) electrons. The minimum absolute atomic E-state index is 0.183. The van der Waals surface area contributed by atoms with Gasteiger partial charge in [-0.15, -0.1) is 0 Å². The molecule has 0 atom stereocenters. The smallest absolute Gasteiger partial charge is 0.281 e. The molecule has 1 heterocycles. The molecule has 3 aromatic rings. The summed E-state index contributed by atoms with van der Waals surface area (Å²) in [5, 5.41) is 6.03. The molecule has 0 unspecified atom stereocenters. The Morgan fingerprint density at radius 1 is 0.919 bits per heavy atom. The fourth-order valence-corrected chi connectivity index (χ4v) is 4.00. The van der Waals surface area contributed by atoms with Crippen molar-refractivity contribution in [3.63, 3.8) is 0 Å². The number of para-hydroxylation sites is 3. The maximum atomic E-state index is 13.2. The van der Waals surface area contributed by atoms with Crippen LogP contribution in [0, 0.1) is 0 Å². The summed E-state index contributed by atoms with van der Waals surface area (Å²) in [4.78, 5) is 26.9. The first-order valence-electron chi connectivity index (χ1n) is 11.8. The fourth-order valence-electron chi connectivity index (χ4n) is 3.70. The highest BCUT2D eigenvalue weighted by Crippen LogP contribution is 2.33. The van der Waals surface area contributed by atoms with Crippen molar-refractivity contribution in [3.8, 4) is 17.2 Å². The number of nitrogens with zero attached hydrogens (tertiary/aromatic N) is 1. The maximum absolute atomic E-state index is 13.2. The molecule has 0 aliphatic carbocycles. The van der Waals surface area contributed by atoms with Crippen molar-refractivity contribution in [1.29, 1.82) is 0 Å². The van der Waals surface area contributed by atoms with Crippen LogP contribution in [0.15, 0.2) is 78.5 Å². The Hall–Kier alpha value is -4.37. The number of nitrogens with one attached hydrogen (secondary N) is 2. The van der Waals surface area contributed by atoms with E-state index in [1.807, 2.05) is 44.2 Å². The maximum Gasteiger partial charge on any atom is 0.281 e. The predicted octanol–water partition coefficient (Wildman–Crippen LogP) is 4.76. The van der Waals surface area contributed by atoms with E-state index in [2.05, 4.69) is 10.6 Å². The molecule has 3 aromatic carbocycles. The summed E-state index contributed by atoms with van der Waals surface area (Å²) in [6.07, 6.45) is 1.69. The molecule has 37 heavy (non-hydrogen) atoms. The second-order valence-electron chi connectivity index (χ2n) is 7.87. The van der Waals surface area contributed by atoms with Gasteiger partial charge in [0.2, 0.25) is 0 Å². The highest BCUT2D eigenvalue weighted by molar-refractivity contribution is 7.80. The Bertz CT molecular complexity index is 1330. The monoisotopic (exact) mass is 517 g/mol. The van der Waals surface area contributed by atoms with E-state index in [4.69, 9.17) is 26.4 Å². The van der Waals surface area contributed by atoms with Gasteiger partial charge in [-0.2, -0.15) is 0 Å². The van der Waals surface area contributed by atoms with E-state index < -0.39 is 0 Å². The minimum atomic E-state index is -0.298. The highest BCUT2D eigenvalue weighted by Gasteiger charge is 2.33. The SMILES string of the molecule is CCOc1cc(/C=C2/NC(=S)N(c3ccccc3OCC)C2=O)ccc1OCC(=O)Nc1ccccc1. The molecule has 190 valence electrons. The lowest BCUT2D eigenvalue weighted by atomic mass is 10.1. The molecule has 1 aliphatic rings. The number of hydrogen-bond acceptors (Lipinski definition) is 6. The predicted molar refractivity (Wildman–Crippen MR) is 147 cm³/mol. The van der Waals surface area contributed by atoms with Gasteiger partial charge in [-0.1, -0.05) is 36.4 Å². The zero-order chi connectivity index (χ0) is 26.2. The molecule has 2 N–H and O–H groups in total. The molecular weight excluding hydrogens is 490 g/mol. The molecule has 1 fully saturated rings. The van der Waals surface area contributed by atoms with Gasteiger partial charge < -0.3 is 24.8 Å². The van der Waals surface area contributed by atoms with Gasteiger partial charge in [-0.25, -0.2) is 4.90 Å². The Morgan fingerprint density at radius 3 is 2.38 bits per heavy atom. The molecule has 0 saturated carbocycles. The number of amides is 2. The standard InChI is InChI=1S/C28H27N3O5S/c1-3-34-23-13-9-8-12-22(23)31-27(33)21(30-28(31)37)16-19-14-15-24(25(17-19)35-4-2)36-18-26(32)29-20-10-6-5-7-11-20/h5-17H,3-4,18H2,1-2H3,(H,29,32)(H,30,37)/b21-16+. The van der Waals surface area contributed by atoms with Crippen LogP contribution in [0.3, 0.4) is 0 Å². The Morgan fingerprint density at radius 2 is 1.62 bits per heavy atom. The summed E-state index contributed by atoms with van der Waals surface area (Å²) >= 11 is 5.45. The Labute approximate surface area is 220 Å². The van der Waals surface area contributed by atoms with Gasteiger partial charge in [0.25, 0.3) is 11.8 Å². The van der Waals surface area contributed by atoms with E-state index in [1.165, 1.54) is 4.90 Å². The van der Waals surface area contributed by atoms with Crippen LogP contribution in [-0.2, 0) is 9.59 Å². The van der Waals surface area contributed by atoms with Crippen molar-refractivity contribution >= 4 is 46.6 Å². The van der Waals surface area contributed by atoms with E-state index in [0.717, 1.165) is 0 Å². The molecule has 9 heteroatoms. The van der Waals surface area contributed by atoms with Gasteiger partial charge in [0.15, 0.2) is 23.2 Å². The lowest BCUT2D eigenvalue weighted by Gasteiger charge is -2.18. The third-order valence-electron chi connectivity index (χ3n) is 5.28. The van der Waals surface area contributed by atoms with Crippen molar-refractivity contribution in [2.24, 2.45) is 0 Å². The van der Waals surface area contributed by atoms with Gasteiger partial charge in [0.1, 0.15) is 11.4 Å². The average Bonchev–Trinajstić information content (AvgIpc) is 3.17. The zero-order valence-corrected chi connectivity index (χ0v) is 21.3. The summed E-state index contributed by atoms with van der Waals surface area (Å²) in [7, 11) is 0. The molecule has 0 spiro atoms. The summed E-state index contributed by atoms with van der Waals surface area (Å²) in [6, 6.07) is 21.6. The van der Waals surface area contributed by atoms with Crippen LogP contribution < -0.4 is 29.7 Å². The number of carbonyl (C=O) groups is 2. The number of benzene rings is 3. The van der Waals surface area contributed by atoms with Crippen LogP contribution >= 0.6 is 12.2 Å². The van der Waals surface area contributed by atoms with E-state index >= 15 is 0 Å². The molecular formula is C28H27N3O5S. The molecule has 8 nitrogen and oxygen atoms in total. The van der Waals surface area contributed by atoms with Gasteiger partial charge in [0, 0.05) is 5.69 Å². The fraction of sp³-hybridized carbons (Fsp3) is 0.179. The van der Waals surface area contributed by atoms with Gasteiger partial charge >= 0.3 is 0 Å². The number of anilines is 2. The van der Waals surface area contributed by atoms with Gasteiger partial charge in [0.05, 0.1) is 18.9 Å². The molecule has 2 amide bonds. The number of rotatable bonds is 10. The minimum Gasteiger partial charge on any atom is -0.492 e. The van der Waals surface area contributed by atoms with Crippen molar-refractivity contribution in [2.75, 3.05) is 30.0 Å². The molecule has 1 aliphatic heterocycles.